The fraction of sp³-hybridized carbons (Fsp3) is 0.214. The third-order valence-electron chi connectivity index (χ3n) is 3.27. The monoisotopic (exact) mass is 285 g/mol. The maximum atomic E-state index is 11.8. The summed E-state index contributed by atoms with van der Waals surface area (Å²) >= 11 is 0. The van der Waals surface area contributed by atoms with E-state index in [4.69, 9.17) is 0 Å². The molecule has 21 heavy (non-hydrogen) atoms. The molecule has 3 rings (SSSR count). The van der Waals surface area contributed by atoms with E-state index >= 15 is 0 Å². The Labute approximate surface area is 120 Å². The lowest BCUT2D eigenvalue weighted by atomic mass is 10.1. The quantitative estimate of drug-likeness (QED) is 0.574. The van der Waals surface area contributed by atoms with E-state index in [1.165, 1.54) is 6.33 Å². The standard InChI is InChI=1S/C14H15N5O2/c1-8-2-4-9(5-3-8)10(6-20)17-14-18-12-11(13(21)19-14)15-7-16-12/h2-5,7,10,20H,6H2,1H3,(H3,15,16,17,18,19,21)/t10-/m1/s1. The Morgan fingerprint density at radius 3 is 2.81 bits per heavy atom. The molecule has 0 saturated carbocycles. The molecule has 4 N–H and O–H groups in total. The number of imidazole rings is 1. The number of aromatic amines is 2. The molecule has 0 aliphatic heterocycles. The van der Waals surface area contributed by atoms with E-state index in [1.54, 1.807) is 0 Å². The van der Waals surface area contributed by atoms with E-state index in [9.17, 15) is 9.90 Å². The molecule has 108 valence electrons. The van der Waals surface area contributed by atoms with Gasteiger partial charge >= 0.3 is 0 Å². The van der Waals surface area contributed by atoms with E-state index in [1.807, 2.05) is 31.2 Å². The molecule has 1 aromatic carbocycles. The topological polar surface area (TPSA) is 107 Å². The van der Waals surface area contributed by atoms with Gasteiger partial charge in [0.15, 0.2) is 11.2 Å². The number of hydrogen-bond donors (Lipinski definition) is 4. The van der Waals surface area contributed by atoms with Crippen molar-refractivity contribution in [2.24, 2.45) is 0 Å². The number of aryl methyl sites for hydroxylation is 1. The van der Waals surface area contributed by atoms with Crippen molar-refractivity contribution in [2.75, 3.05) is 11.9 Å². The minimum atomic E-state index is -0.356. The van der Waals surface area contributed by atoms with E-state index in [0.717, 1.165) is 11.1 Å². The van der Waals surface area contributed by atoms with Crippen LogP contribution in [0.25, 0.3) is 11.2 Å². The zero-order valence-electron chi connectivity index (χ0n) is 11.4. The lowest BCUT2D eigenvalue weighted by molar-refractivity contribution is 0.276. The molecule has 2 aromatic heterocycles. The van der Waals surface area contributed by atoms with Crippen LogP contribution in [0.5, 0.6) is 0 Å². The van der Waals surface area contributed by atoms with Gasteiger partial charge < -0.3 is 15.4 Å². The zero-order chi connectivity index (χ0) is 14.8. The largest absolute Gasteiger partial charge is 0.394 e. The van der Waals surface area contributed by atoms with Gasteiger partial charge in [-0.25, -0.2) is 4.98 Å². The molecule has 0 aliphatic rings. The molecule has 0 fully saturated rings. The van der Waals surface area contributed by atoms with Crippen molar-refractivity contribution in [1.29, 1.82) is 0 Å². The van der Waals surface area contributed by atoms with Gasteiger partial charge in [0.1, 0.15) is 0 Å². The summed E-state index contributed by atoms with van der Waals surface area (Å²) in [5.41, 5.74) is 2.41. The third-order valence-corrected chi connectivity index (χ3v) is 3.27. The van der Waals surface area contributed by atoms with Gasteiger partial charge in [0, 0.05) is 0 Å². The van der Waals surface area contributed by atoms with Gasteiger partial charge in [0.05, 0.1) is 19.0 Å². The van der Waals surface area contributed by atoms with Crippen molar-refractivity contribution in [3.05, 3.63) is 52.1 Å². The Morgan fingerprint density at radius 2 is 2.10 bits per heavy atom. The molecule has 2 heterocycles. The Hall–Kier alpha value is -2.67. The first-order chi connectivity index (χ1) is 10.2. The normalized spacial score (nSPS) is 12.5. The van der Waals surface area contributed by atoms with Crippen LogP contribution in [0.4, 0.5) is 5.95 Å². The number of aromatic nitrogens is 4. The number of rotatable bonds is 4. The average Bonchev–Trinajstić information content (AvgIpc) is 2.95. The first-order valence-electron chi connectivity index (χ1n) is 6.55. The maximum Gasteiger partial charge on any atom is 0.278 e. The molecular formula is C14H15N5O2. The third kappa shape index (κ3) is 2.63. The lowest BCUT2D eigenvalue weighted by Crippen LogP contribution is -2.19. The van der Waals surface area contributed by atoms with Crippen LogP contribution in [-0.2, 0) is 0 Å². The fourth-order valence-electron chi connectivity index (χ4n) is 2.11. The van der Waals surface area contributed by atoms with Crippen LogP contribution in [0, 0.1) is 6.92 Å². The Morgan fingerprint density at radius 1 is 1.33 bits per heavy atom. The molecule has 0 saturated heterocycles. The molecule has 1 atom stereocenters. The first-order valence-corrected chi connectivity index (χ1v) is 6.55. The molecule has 3 aromatic rings. The highest BCUT2D eigenvalue weighted by Crippen LogP contribution is 2.17. The zero-order valence-corrected chi connectivity index (χ0v) is 11.4. The van der Waals surface area contributed by atoms with Crippen LogP contribution in [-0.4, -0.2) is 31.6 Å². The molecule has 7 nitrogen and oxygen atoms in total. The molecule has 0 radical (unpaired) electrons. The van der Waals surface area contributed by atoms with Gasteiger partial charge in [0.25, 0.3) is 5.56 Å². The summed E-state index contributed by atoms with van der Waals surface area (Å²) in [6.07, 6.45) is 1.42. The second-order valence-corrected chi connectivity index (χ2v) is 4.81. The highest BCUT2D eigenvalue weighted by atomic mass is 16.3. The van der Waals surface area contributed by atoms with Crippen LogP contribution in [0.1, 0.15) is 17.2 Å². The highest BCUT2D eigenvalue weighted by molar-refractivity contribution is 5.69. The van der Waals surface area contributed by atoms with E-state index < -0.39 is 0 Å². The molecular weight excluding hydrogens is 270 g/mol. The molecule has 0 spiro atoms. The smallest absolute Gasteiger partial charge is 0.278 e. The minimum absolute atomic E-state index is 0.120. The van der Waals surface area contributed by atoms with Crippen molar-refractivity contribution in [3.63, 3.8) is 0 Å². The number of H-pyrrole nitrogens is 2. The number of fused-ring (bicyclic) bond motifs is 1. The Kier molecular flexibility index (Phi) is 3.41. The van der Waals surface area contributed by atoms with E-state index in [2.05, 4.69) is 25.3 Å². The SMILES string of the molecule is Cc1ccc([C@@H](CO)Nc2nc3nc[nH]c3c(=O)[nH]2)cc1. The van der Waals surface area contributed by atoms with Crippen LogP contribution < -0.4 is 10.9 Å². The minimum Gasteiger partial charge on any atom is -0.394 e. The fourth-order valence-corrected chi connectivity index (χ4v) is 2.11. The van der Waals surface area contributed by atoms with E-state index in [-0.39, 0.29) is 24.2 Å². The van der Waals surface area contributed by atoms with Crippen molar-refractivity contribution < 1.29 is 5.11 Å². The van der Waals surface area contributed by atoms with E-state index in [0.29, 0.717) is 11.2 Å². The second kappa shape index (κ2) is 5.37. The second-order valence-electron chi connectivity index (χ2n) is 4.81. The highest BCUT2D eigenvalue weighted by Gasteiger charge is 2.13. The predicted molar refractivity (Wildman–Crippen MR) is 79.1 cm³/mol. The van der Waals surface area contributed by atoms with Crippen molar-refractivity contribution in [1.82, 2.24) is 19.9 Å². The summed E-state index contributed by atoms with van der Waals surface area (Å²) in [7, 11) is 0. The van der Waals surface area contributed by atoms with Crippen LogP contribution >= 0.6 is 0 Å². The predicted octanol–water partition coefficient (Wildman–Crippen LogP) is 1.10. The lowest BCUT2D eigenvalue weighted by Gasteiger charge is -2.17. The average molecular weight is 285 g/mol. The van der Waals surface area contributed by atoms with Gasteiger partial charge in [-0.05, 0) is 12.5 Å². The number of benzene rings is 1. The number of nitrogens with one attached hydrogen (secondary N) is 3. The first kappa shape index (κ1) is 13.3. The molecule has 7 heteroatoms. The van der Waals surface area contributed by atoms with Gasteiger partial charge in [-0.3, -0.25) is 9.78 Å². The van der Waals surface area contributed by atoms with Gasteiger partial charge in [0.2, 0.25) is 5.95 Å². The summed E-state index contributed by atoms with van der Waals surface area (Å²) in [6.45, 7) is 1.88. The van der Waals surface area contributed by atoms with Gasteiger partial charge in [-0.2, -0.15) is 4.98 Å². The number of nitrogens with zero attached hydrogens (tertiary/aromatic N) is 2. The maximum absolute atomic E-state index is 11.8. The number of aliphatic hydroxyl groups excluding tert-OH is 1. The summed E-state index contributed by atoms with van der Waals surface area (Å²) in [4.78, 5) is 25.4. The summed E-state index contributed by atoms with van der Waals surface area (Å²) in [5, 5.41) is 12.6. The van der Waals surface area contributed by atoms with Gasteiger partial charge in [-0.15, -0.1) is 0 Å². The van der Waals surface area contributed by atoms with Crippen LogP contribution in [0.15, 0.2) is 35.4 Å². The number of anilines is 1. The molecule has 0 unspecified atom stereocenters. The summed E-state index contributed by atoms with van der Waals surface area (Å²) < 4.78 is 0. The van der Waals surface area contributed by atoms with Gasteiger partial charge in [-0.1, -0.05) is 29.8 Å². The van der Waals surface area contributed by atoms with Crippen molar-refractivity contribution in [2.45, 2.75) is 13.0 Å². The van der Waals surface area contributed by atoms with Crippen molar-refractivity contribution in [3.8, 4) is 0 Å². The number of hydrogen-bond acceptors (Lipinski definition) is 5. The molecule has 0 amide bonds. The van der Waals surface area contributed by atoms with Crippen LogP contribution in [0.3, 0.4) is 0 Å². The number of aliphatic hydroxyl groups is 1. The Balaban J connectivity index is 1.91. The Bertz CT molecular complexity index is 806. The molecule has 0 bridgehead atoms. The van der Waals surface area contributed by atoms with Crippen LogP contribution in [0.2, 0.25) is 0 Å². The summed E-state index contributed by atoms with van der Waals surface area (Å²) in [5.74, 6) is 0.277. The van der Waals surface area contributed by atoms with Crippen molar-refractivity contribution >= 4 is 17.1 Å². The molecule has 0 aliphatic carbocycles. The summed E-state index contributed by atoms with van der Waals surface area (Å²) in [6, 6.07) is 7.42.